The van der Waals surface area contributed by atoms with E-state index in [2.05, 4.69) is 56.1 Å². The molecule has 2 heterocycles. The van der Waals surface area contributed by atoms with E-state index in [9.17, 15) is 0 Å². The lowest BCUT2D eigenvalue weighted by atomic mass is 10.2. The summed E-state index contributed by atoms with van der Waals surface area (Å²) in [5.41, 5.74) is 0. The Morgan fingerprint density at radius 1 is 1.18 bits per heavy atom. The quantitative estimate of drug-likeness (QED) is 0.345. The molecule has 0 amide bonds. The standard InChI is InChI=1S/C21H41N7/c1-5-27(6-2)16-11-12-18(3)24-21(22-4)23-15-10-14-20-26-25-19-13-8-7-9-17-28(19)20/h18H,5-17H2,1-4H3,(H2,22,23,24). The van der Waals surface area contributed by atoms with Crippen LogP contribution in [0.25, 0.3) is 0 Å². The van der Waals surface area contributed by atoms with Gasteiger partial charge in [0.2, 0.25) is 0 Å². The maximum atomic E-state index is 4.42. The number of nitrogens with zero attached hydrogens (tertiary/aromatic N) is 5. The van der Waals surface area contributed by atoms with Gasteiger partial charge < -0.3 is 20.1 Å². The van der Waals surface area contributed by atoms with E-state index in [4.69, 9.17) is 0 Å². The van der Waals surface area contributed by atoms with Crippen molar-refractivity contribution >= 4 is 5.96 Å². The Bertz CT molecular complexity index is 577. The molecule has 0 spiro atoms. The van der Waals surface area contributed by atoms with E-state index in [1.165, 1.54) is 38.1 Å². The number of rotatable bonds is 11. The molecular weight excluding hydrogens is 350 g/mol. The monoisotopic (exact) mass is 391 g/mol. The molecule has 0 fully saturated rings. The van der Waals surface area contributed by atoms with Crippen molar-refractivity contribution in [2.75, 3.05) is 33.2 Å². The van der Waals surface area contributed by atoms with Gasteiger partial charge in [0, 0.05) is 39.0 Å². The van der Waals surface area contributed by atoms with Crippen LogP contribution in [0.5, 0.6) is 0 Å². The van der Waals surface area contributed by atoms with Crippen LogP contribution in [0.4, 0.5) is 0 Å². The third-order valence-electron chi connectivity index (χ3n) is 5.67. The summed E-state index contributed by atoms with van der Waals surface area (Å²) in [6.07, 6.45) is 9.25. The molecule has 1 aromatic rings. The van der Waals surface area contributed by atoms with E-state index in [-0.39, 0.29) is 0 Å². The highest BCUT2D eigenvalue weighted by atomic mass is 15.3. The number of hydrogen-bond donors (Lipinski definition) is 2. The first-order valence-electron chi connectivity index (χ1n) is 11.3. The Morgan fingerprint density at radius 3 is 2.75 bits per heavy atom. The van der Waals surface area contributed by atoms with E-state index in [0.29, 0.717) is 6.04 Å². The molecule has 0 aromatic carbocycles. The van der Waals surface area contributed by atoms with Gasteiger partial charge in [0.1, 0.15) is 11.6 Å². The lowest BCUT2D eigenvalue weighted by Crippen LogP contribution is -2.42. The smallest absolute Gasteiger partial charge is 0.191 e. The highest BCUT2D eigenvalue weighted by molar-refractivity contribution is 5.79. The second-order valence-corrected chi connectivity index (χ2v) is 7.81. The first-order chi connectivity index (χ1) is 13.7. The number of hydrogen-bond acceptors (Lipinski definition) is 4. The Balaban J connectivity index is 1.65. The number of aryl methyl sites for hydroxylation is 2. The van der Waals surface area contributed by atoms with E-state index < -0.39 is 0 Å². The van der Waals surface area contributed by atoms with Gasteiger partial charge in [-0.05, 0) is 58.7 Å². The predicted octanol–water partition coefficient (Wildman–Crippen LogP) is 2.61. The van der Waals surface area contributed by atoms with Crippen LogP contribution in [0.1, 0.15) is 70.9 Å². The molecule has 7 heteroatoms. The minimum absolute atomic E-state index is 0.425. The normalized spacial score (nSPS) is 16.0. The molecular formula is C21H41N7. The summed E-state index contributed by atoms with van der Waals surface area (Å²) in [6, 6.07) is 0.425. The average Bonchev–Trinajstić information content (AvgIpc) is 2.93. The molecule has 1 aliphatic heterocycles. The van der Waals surface area contributed by atoms with Gasteiger partial charge in [-0.1, -0.05) is 20.3 Å². The van der Waals surface area contributed by atoms with Crippen molar-refractivity contribution in [1.29, 1.82) is 0 Å². The Kier molecular flexibility index (Phi) is 10.3. The maximum absolute atomic E-state index is 4.42. The van der Waals surface area contributed by atoms with E-state index in [1.54, 1.807) is 0 Å². The van der Waals surface area contributed by atoms with Crippen molar-refractivity contribution in [3.05, 3.63) is 11.6 Å². The number of guanidine groups is 1. The lowest BCUT2D eigenvalue weighted by Gasteiger charge is -2.21. The van der Waals surface area contributed by atoms with Crippen LogP contribution < -0.4 is 10.6 Å². The SMILES string of the molecule is CCN(CC)CCCC(C)NC(=NC)NCCCc1nnc2n1CCCCC2. The van der Waals surface area contributed by atoms with Crippen LogP contribution in [0, 0.1) is 0 Å². The molecule has 0 saturated carbocycles. The van der Waals surface area contributed by atoms with Gasteiger partial charge in [-0.25, -0.2) is 0 Å². The van der Waals surface area contributed by atoms with Crippen molar-refractivity contribution in [2.45, 2.75) is 84.7 Å². The maximum Gasteiger partial charge on any atom is 0.191 e. The van der Waals surface area contributed by atoms with Crippen LogP contribution in [0.3, 0.4) is 0 Å². The van der Waals surface area contributed by atoms with Crippen LogP contribution in [0.15, 0.2) is 4.99 Å². The summed E-state index contributed by atoms with van der Waals surface area (Å²) in [7, 11) is 1.84. The van der Waals surface area contributed by atoms with E-state index in [1.807, 2.05) is 7.05 Å². The third-order valence-corrected chi connectivity index (χ3v) is 5.67. The van der Waals surface area contributed by atoms with Gasteiger partial charge >= 0.3 is 0 Å². The highest BCUT2D eigenvalue weighted by Crippen LogP contribution is 2.15. The second-order valence-electron chi connectivity index (χ2n) is 7.81. The molecule has 1 atom stereocenters. The molecule has 160 valence electrons. The molecule has 2 N–H and O–H groups in total. The van der Waals surface area contributed by atoms with Gasteiger partial charge in [0.15, 0.2) is 5.96 Å². The topological polar surface area (TPSA) is 70.4 Å². The van der Waals surface area contributed by atoms with E-state index in [0.717, 1.165) is 63.6 Å². The molecule has 1 unspecified atom stereocenters. The first kappa shape index (κ1) is 22.7. The molecule has 28 heavy (non-hydrogen) atoms. The van der Waals surface area contributed by atoms with Crippen LogP contribution in [0.2, 0.25) is 0 Å². The highest BCUT2D eigenvalue weighted by Gasteiger charge is 2.14. The summed E-state index contributed by atoms with van der Waals surface area (Å²) in [5.74, 6) is 3.22. The third kappa shape index (κ3) is 7.41. The predicted molar refractivity (Wildman–Crippen MR) is 117 cm³/mol. The zero-order valence-electron chi connectivity index (χ0n) is 18.5. The zero-order valence-corrected chi connectivity index (χ0v) is 18.5. The van der Waals surface area contributed by atoms with Gasteiger partial charge in [-0.15, -0.1) is 10.2 Å². The van der Waals surface area contributed by atoms with Crippen LogP contribution in [-0.4, -0.2) is 64.9 Å². The molecule has 0 aliphatic carbocycles. The average molecular weight is 392 g/mol. The number of aromatic nitrogens is 3. The van der Waals surface area contributed by atoms with Gasteiger partial charge in [0.25, 0.3) is 0 Å². The molecule has 2 rings (SSSR count). The summed E-state index contributed by atoms with van der Waals surface area (Å²) in [6.45, 7) is 12.1. The number of nitrogens with one attached hydrogen (secondary N) is 2. The van der Waals surface area contributed by atoms with Crippen molar-refractivity contribution in [1.82, 2.24) is 30.3 Å². The van der Waals surface area contributed by atoms with Gasteiger partial charge in [-0.2, -0.15) is 0 Å². The zero-order chi connectivity index (χ0) is 20.2. The van der Waals surface area contributed by atoms with Crippen LogP contribution in [-0.2, 0) is 19.4 Å². The molecule has 0 radical (unpaired) electrons. The largest absolute Gasteiger partial charge is 0.356 e. The first-order valence-corrected chi connectivity index (χ1v) is 11.3. The van der Waals surface area contributed by atoms with Crippen molar-refractivity contribution < 1.29 is 0 Å². The Morgan fingerprint density at radius 2 is 2.00 bits per heavy atom. The van der Waals surface area contributed by atoms with E-state index >= 15 is 0 Å². The molecule has 7 nitrogen and oxygen atoms in total. The lowest BCUT2D eigenvalue weighted by molar-refractivity contribution is 0.292. The van der Waals surface area contributed by atoms with Gasteiger partial charge in [-0.3, -0.25) is 4.99 Å². The minimum atomic E-state index is 0.425. The van der Waals surface area contributed by atoms with Crippen molar-refractivity contribution in [2.24, 2.45) is 4.99 Å². The Labute approximate surface area is 171 Å². The van der Waals surface area contributed by atoms with Crippen molar-refractivity contribution in [3.8, 4) is 0 Å². The van der Waals surface area contributed by atoms with Gasteiger partial charge in [0.05, 0.1) is 0 Å². The summed E-state index contributed by atoms with van der Waals surface area (Å²) in [4.78, 5) is 6.85. The summed E-state index contributed by atoms with van der Waals surface area (Å²) < 4.78 is 2.35. The molecule has 0 bridgehead atoms. The number of fused-ring (bicyclic) bond motifs is 1. The second kappa shape index (κ2) is 12.8. The fourth-order valence-corrected chi connectivity index (χ4v) is 3.84. The minimum Gasteiger partial charge on any atom is -0.356 e. The fourth-order valence-electron chi connectivity index (χ4n) is 3.84. The van der Waals surface area contributed by atoms with Crippen molar-refractivity contribution in [3.63, 3.8) is 0 Å². The molecule has 1 aromatic heterocycles. The summed E-state index contributed by atoms with van der Waals surface area (Å²) in [5, 5.41) is 15.8. The van der Waals surface area contributed by atoms with Crippen LogP contribution >= 0.6 is 0 Å². The fraction of sp³-hybridized carbons (Fsp3) is 0.857. The Hall–Kier alpha value is -1.63. The summed E-state index contributed by atoms with van der Waals surface area (Å²) >= 11 is 0. The molecule has 0 saturated heterocycles. The molecule has 1 aliphatic rings. The number of aliphatic imine (C=N–C) groups is 1.